The summed E-state index contributed by atoms with van der Waals surface area (Å²) in [7, 11) is 4.28. The maximum Gasteiger partial charge on any atom is 0.306 e. The minimum Gasteiger partial charge on any atom is -0.494 e. The van der Waals surface area contributed by atoms with Crippen LogP contribution in [0, 0.1) is 0 Å². The van der Waals surface area contributed by atoms with Gasteiger partial charge in [0.05, 0.1) is 32.1 Å². The first-order valence-electron chi connectivity index (χ1n) is 15.2. The molecule has 0 saturated carbocycles. The molecule has 0 saturated heterocycles. The Morgan fingerprint density at radius 2 is 1.25 bits per heavy atom. The average molecular weight is 555 g/mol. The van der Waals surface area contributed by atoms with E-state index in [2.05, 4.69) is 31.2 Å². The van der Waals surface area contributed by atoms with E-state index in [9.17, 15) is 4.79 Å². The topological polar surface area (TPSA) is 69.5 Å². The van der Waals surface area contributed by atoms with Crippen molar-refractivity contribution in [2.24, 2.45) is 10.2 Å². The van der Waals surface area contributed by atoms with Crippen molar-refractivity contribution in [1.29, 1.82) is 0 Å². The van der Waals surface area contributed by atoms with Gasteiger partial charge in [-0.1, -0.05) is 58.3 Å². The fourth-order valence-electron chi connectivity index (χ4n) is 4.60. The van der Waals surface area contributed by atoms with Crippen LogP contribution in [-0.4, -0.2) is 57.0 Å². The molecule has 2 aromatic carbocycles. The second kappa shape index (κ2) is 19.2. The highest BCUT2D eigenvalue weighted by Crippen LogP contribution is 2.23. The average Bonchev–Trinajstić information content (AvgIpc) is 2.92. The Kier molecular flexibility index (Phi) is 16.0. The van der Waals surface area contributed by atoms with Gasteiger partial charge in [-0.15, -0.1) is 0 Å². The van der Waals surface area contributed by atoms with Crippen molar-refractivity contribution >= 4 is 17.3 Å². The number of azo groups is 1. The quantitative estimate of drug-likeness (QED) is 0.0669. The number of benzene rings is 2. The Morgan fingerprint density at radius 1 is 0.750 bits per heavy atom. The fraction of sp³-hybridized carbons (Fsp3) is 0.606. The zero-order valence-corrected chi connectivity index (χ0v) is 25.6. The first-order valence-corrected chi connectivity index (χ1v) is 15.2. The highest BCUT2D eigenvalue weighted by atomic mass is 16.5. The van der Waals surface area contributed by atoms with Crippen molar-refractivity contribution in [3.63, 3.8) is 0 Å². The monoisotopic (exact) mass is 554 g/mol. The Hall–Kier alpha value is -2.93. The normalized spacial score (nSPS) is 12.4. The third kappa shape index (κ3) is 15.0. The molecule has 0 fully saturated rings. The predicted octanol–water partition coefficient (Wildman–Crippen LogP) is 8.81. The van der Waals surface area contributed by atoms with E-state index in [4.69, 9.17) is 14.2 Å². The minimum absolute atomic E-state index is 0.0774. The van der Waals surface area contributed by atoms with Crippen molar-refractivity contribution in [2.75, 3.05) is 40.4 Å². The van der Waals surface area contributed by atoms with E-state index < -0.39 is 0 Å². The Balaban J connectivity index is 1.61. The van der Waals surface area contributed by atoms with Gasteiger partial charge in [-0.25, -0.2) is 0 Å². The van der Waals surface area contributed by atoms with Crippen LogP contribution in [0.4, 0.5) is 11.4 Å². The standard InChI is InChI=1S/C33H52N3O4/c1-6-8-9-10-11-12-13-14-15-16-33(37)40-28(3)27-36(4,5)25-26-39-32-23-19-30(20-24-32)35-34-29-17-21-31(22-18-29)38-7-2/h17-24,28H,6-16,25-27H2,1-5H3/q+1. The number of carbonyl (C=O) groups excluding carboxylic acids is 1. The molecule has 40 heavy (non-hydrogen) atoms. The molecule has 0 spiro atoms. The maximum atomic E-state index is 12.3. The second-order valence-electron chi connectivity index (χ2n) is 11.2. The molecular weight excluding hydrogens is 502 g/mol. The predicted molar refractivity (Wildman–Crippen MR) is 163 cm³/mol. The van der Waals surface area contributed by atoms with Gasteiger partial charge in [-0.3, -0.25) is 4.79 Å². The van der Waals surface area contributed by atoms with Gasteiger partial charge in [0.15, 0.2) is 0 Å². The van der Waals surface area contributed by atoms with Gasteiger partial charge in [0.25, 0.3) is 0 Å². The van der Waals surface area contributed by atoms with Crippen LogP contribution in [0.25, 0.3) is 0 Å². The van der Waals surface area contributed by atoms with Gasteiger partial charge in [0.1, 0.15) is 37.3 Å². The molecule has 0 bridgehead atoms. The van der Waals surface area contributed by atoms with Crippen LogP contribution in [0.15, 0.2) is 58.8 Å². The van der Waals surface area contributed by atoms with Crippen LogP contribution >= 0.6 is 0 Å². The van der Waals surface area contributed by atoms with Gasteiger partial charge in [-0.05, 0) is 68.8 Å². The number of hydrogen-bond acceptors (Lipinski definition) is 6. The largest absolute Gasteiger partial charge is 0.494 e. The van der Waals surface area contributed by atoms with E-state index in [1.165, 1.54) is 44.9 Å². The zero-order valence-electron chi connectivity index (χ0n) is 25.6. The molecule has 0 heterocycles. The van der Waals surface area contributed by atoms with E-state index >= 15 is 0 Å². The first-order chi connectivity index (χ1) is 19.3. The summed E-state index contributed by atoms with van der Waals surface area (Å²) in [6.07, 6.45) is 11.6. The van der Waals surface area contributed by atoms with E-state index in [1.807, 2.05) is 62.4 Å². The maximum absolute atomic E-state index is 12.3. The zero-order chi connectivity index (χ0) is 29.1. The van der Waals surface area contributed by atoms with E-state index in [-0.39, 0.29) is 12.1 Å². The smallest absolute Gasteiger partial charge is 0.306 e. The van der Waals surface area contributed by atoms with Crippen molar-refractivity contribution in [3.8, 4) is 11.5 Å². The van der Waals surface area contributed by atoms with E-state index in [0.29, 0.717) is 24.1 Å². The van der Waals surface area contributed by atoms with Crippen LogP contribution in [0.5, 0.6) is 11.5 Å². The van der Waals surface area contributed by atoms with Gasteiger partial charge in [0.2, 0.25) is 0 Å². The molecule has 1 atom stereocenters. The molecule has 0 radical (unpaired) electrons. The number of nitrogens with zero attached hydrogens (tertiary/aromatic N) is 3. The van der Waals surface area contributed by atoms with Crippen molar-refractivity contribution < 1.29 is 23.5 Å². The molecule has 2 rings (SSSR count). The second-order valence-corrected chi connectivity index (χ2v) is 11.2. The molecule has 1 unspecified atom stereocenters. The van der Waals surface area contributed by atoms with E-state index in [0.717, 1.165) is 48.8 Å². The molecule has 0 aliphatic heterocycles. The Morgan fingerprint density at radius 3 is 1.77 bits per heavy atom. The summed E-state index contributed by atoms with van der Waals surface area (Å²) >= 11 is 0. The van der Waals surface area contributed by atoms with Gasteiger partial charge in [-0.2, -0.15) is 10.2 Å². The van der Waals surface area contributed by atoms with Crippen molar-refractivity contribution in [1.82, 2.24) is 0 Å². The summed E-state index contributed by atoms with van der Waals surface area (Å²) in [5.41, 5.74) is 1.53. The number of rotatable bonds is 21. The number of carbonyl (C=O) groups is 1. The lowest BCUT2D eigenvalue weighted by Gasteiger charge is -2.32. The highest BCUT2D eigenvalue weighted by molar-refractivity contribution is 5.69. The SMILES string of the molecule is CCCCCCCCCCCC(=O)OC(C)C[N+](C)(C)CCOc1ccc(N=Nc2ccc(OCC)cc2)cc1. The number of hydrogen-bond donors (Lipinski definition) is 0. The third-order valence-electron chi connectivity index (χ3n) is 6.80. The molecule has 0 aliphatic carbocycles. The molecule has 0 N–H and O–H groups in total. The first kappa shape index (κ1) is 33.3. The lowest BCUT2D eigenvalue weighted by Crippen LogP contribution is -2.48. The Bertz CT molecular complexity index is 974. The molecule has 2 aromatic rings. The molecule has 7 heteroatoms. The number of esters is 1. The summed E-state index contributed by atoms with van der Waals surface area (Å²) in [6, 6.07) is 15.1. The summed E-state index contributed by atoms with van der Waals surface area (Å²) in [5.74, 6) is 1.54. The van der Waals surface area contributed by atoms with Crippen LogP contribution in [0.1, 0.15) is 85.0 Å². The molecule has 0 aliphatic rings. The summed E-state index contributed by atoms with van der Waals surface area (Å²) in [5, 5.41) is 8.58. The van der Waals surface area contributed by atoms with Gasteiger partial charge >= 0.3 is 5.97 Å². The lowest BCUT2D eigenvalue weighted by molar-refractivity contribution is -0.893. The molecule has 0 amide bonds. The summed E-state index contributed by atoms with van der Waals surface area (Å²) in [4.78, 5) is 12.3. The number of ether oxygens (including phenoxy) is 3. The molecular formula is C33H52N3O4+. The van der Waals surface area contributed by atoms with Crippen molar-refractivity contribution in [2.45, 2.75) is 91.1 Å². The van der Waals surface area contributed by atoms with Gasteiger partial charge in [0, 0.05) is 6.42 Å². The van der Waals surface area contributed by atoms with Crippen LogP contribution in [0.2, 0.25) is 0 Å². The van der Waals surface area contributed by atoms with E-state index in [1.54, 1.807) is 0 Å². The summed E-state index contributed by atoms with van der Waals surface area (Å²) < 4.78 is 17.8. The number of unbranched alkanes of at least 4 members (excludes halogenated alkanes) is 8. The molecule has 0 aromatic heterocycles. The number of likely N-dealkylation sites (N-methyl/N-ethyl adjacent to an activating group) is 1. The summed E-state index contributed by atoms with van der Waals surface area (Å²) in [6.45, 7) is 8.95. The molecule has 7 nitrogen and oxygen atoms in total. The molecule has 222 valence electrons. The fourth-order valence-corrected chi connectivity index (χ4v) is 4.60. The Labute approximate surface area is 242 Å². The number of quaternary nitrogens is 1. The van der Waals surface area contributed by atoms with Gasteiger partial charge < -0.3 is 18.7 Å². The third-order valence-corrected chi connectivity index (χ3v) is 6.80. The van der Waals surface area contributed by atoms with Crippen molar-refractivity contribution in [3.05, 3.63) is 48.5 Å². The van der Waals surface area contributed by atoms with Crippen LogP contribution in [-0.2, 0) is 9.53 Å². The minimum atomic E-state index is -0.124. The van der Waals surface area contributed by atoms with Crippen LogP contribution in [0.3, 0.4) is 0 Å². The van der Waals surface area contributed by atoms with Crippen LogP contribution < -0.4 is 9.47 Å². The lowest BCUT2D eigenvalue weighted by atomic mass is 10.1. The highest BCUT2D eigenvalue weighted by Gasteiger charge is 2.22.